The van der Waals surface area contributed by atoms with Gasteiger partial charge in [0.15, 0.2) is 0 Å². The molecule has 2 aliphatic rings. The number of rotatable bonds is 4. The van der Waals surface area contributed by atoms with Crippen LogP contribution in [0.2, 0.25) is 0 Å². The lowest BCUT2D eigenvalue weighted by Crippen LogP contribution is -2.19. The topological polar surface area (TPSA) is 119 Å². The fourth-order valence-corrected chi connectivity index (χ4v) is 4.18. The SMILES string of the molecule is N#Cc1cc2c(cc1N1CCCC1)N=C(c1cccc(-n3nncc3CO)c1)CC(=O)N2. The first-order valence-electron chi connectivity index (χ1n) is 10.5. The van der Waals surface area contributed by atoms with Crippen molar-refractivity contribution in [1.82, 2.24) is 15.0 Å². The first-order valence-corrected chi connectivity index (χ1v) is 10.5. The molecule has 2 aliphatic heterocycles. The predicted molar refractivity (Wildman–Crippen MR) is 119 cm³/mol. The standard InChI is InChI=1S/C23H21N7O2/c24-12-16-9-20-21(10-22(16)29-6-1-2-7-29)26-19(11-23(32)27-20)15-4-3-5-17(8-15)30-18(14-31)13-25-28-30/h3-5,8-10,13,31H,1-2,6-7,11,14H2,(H,27,32). The summed E-state index contributed by atoms with van der Waals surface area (Å²) in [4.78, 5) is 19.7. The highest BCUT2D eigenvalue weighted by atomic mass is 16.3. The number of aliphatic hydroxyl groups is 1. The molecule has 1 fully saturated rings. The first kappa shape index (κ1) is 19.9. The molecule has 0 bridgehead atoms. The van der Waals surface area contributed by atoms with Crippen molar-refractivity contribution in [1.29, 1.82) is 5.26 Å². The summed E-state index contributed by atoms with van der Waals surface area (Å²) in [5.74, 6) is -0.192. The summed E-state index contributed by atoms with van der Waals surface area (Å²) in [6.07, 6.45) is 3.80. The summed E-state index contributed by atoms with van der Waals surface area (Å²) in [6.45, 7) is 1.63. The van der Waals surface area contributed by atoms with Crippen LogP contribution in [0.3, 0.4) is 0 Å². The van der Waals surface area contributed by atoms with E-state index in [4.69, 9.17) is 4.99 Å². The quantitative estimate of drug-likeness (QED) is 0.661. The van der Waals surface area contributed by atoms with Gasteiger partial charge >= 0.3 is 0 Å². The lowest BCUT2D eigenvalue weighted by atomic mass is 10.1. The summed E-state index contributed by atoms with van der Waals surface area (Å²) >= 11 is 0. The van der Waals surface area contributed by atoms with Crippen LogP contribution >= 0.6 is 0 Å². The molecule has 3 aromatic rings. The number of aromatic nitrogens is 3. The zero-order chi connectivity index (χ0) is 22.1. The van der Waals surface area contributed by atoms with E-state index in [1.54, 1.807) is 10.7 Å². The van der Waals surface area contributed by atoms with Crippen molar-refractivity contribution in [3.8, 4) is 11.8 Å². The first-order chi connectivity index (χ1) is 15.7. The summed E-state index contributed by atoms with van der Waals surface area (Å²) in [5.41, 5.74) is 5.24. The van der Waals surface area contributed by atoms with E-state index < -0.39 is 0 Å². The van der Waals surface area contributed by atoms with Crippen LogP contribution < -0.4 is 10.2 Å². The van der Waals surface area contributed by atoms with Gasteiger partial charge in [0, 0.05) is 13.1 Å². The Labute approximate surface area is 184 Å². The molecular formula is C23H21N7O2. The van der Waals surface area contributed by atoms with Gasteiger partial charge in [0.1, 0.15) is 6.07 Å². The van der Waals surface area contributed by atoms with Gasteiger partial charge in [-0.15, -0.1) is 5.10 Å². The van der Waals surface area contributed by atoms with E-state index in [1.807, 2.05) is 30.3 Å². The van der Waals surface area contributed by atoms with E-state index in [1.165, 1.54) is 6.20 Å². The molecule has 0 radical (unpaired) electrons. The molecule has 1 aromatic heterocycles. The van der Waals surface area contributed by atoms with Crippen LogP contribution in [0.4, 0.5) is 17.1 Å². The van der Waals surface area contributed by atoms with E-state index in [2.05, 4.69) is 26.6 Å². The van der Waals surface area contributed by atoms with Gasteiger partial charge in [-0.25, -0.2) is 4.68 Å². The molecule has 2 N–H and O–H groups in total. The zero-order valence-electron chi connectivity index (χ0n) is 17.3. The van der Waals surface area contributed by atoms with Crippen LogP contribution in [0, 0.1) is 11.3 Å². The molecular weight excluding hydrogens is 406 g/mol. The second-order valence-electron chi connectivity index (χ2n) is 7.82. The van der Waals surface area contributed by atoms with E-state index in [0.29, 0.717) is 34.0 Å². The van der Waals surface area contributed by atoms with Crippen molar-refractivity contribution >= 4 is 28.7 Å². The van der Waals surface area contributed by atoms with Crippen LogP contribution in [0.15, 0.2) is 47.6 Å². The summed E-state index contributed by atoms with van der Waals surface area (Å²) < 4.78 is 1.56. The molecule has 1 saturated heterocycles. The number of aliphatic imine (C=N–C) groups is 1. The molecule has 0 spiro atoms. The van der Waals surface area contributed by atoms with Crippen molar-refractivity contribution in [2.75, 3.05) is 23.3 Å². The molecule has 3 heterocycles. The Morgan fingerprint density at radius 3 is 2.81 bits per heavy atom. The van der Waals surface area contributed by atoms with E-state index in [-0.39, 0.29) is 18.9 Å². The number of hydrogen-bond acceptors (Lipinski definition) is 7. The fraction of sp³-hybridized carbons (Fsp3) is 0.261. The summed E-state index contributed by atoms with van der Waals surface area (Å²) in [6, 6.07) is 13.3. The van der Waals surface area contributed by atoms with Gasteiger partial charge in [-0.2, -0.15) is 5.26 Å². The van der Waals surface area contributed by atoms with E-state index in [9.17, 15) is 15.2 Å². The Morgan fingerprint density at radius 2 is 2.03 bits per heavy atom. The van der Waals surface area contributed by atoms with Crippen molar-refractivity contribution in [2.45, 2.75) is 25.9 Å². The normalized spacial score (nSPS) is 15.6. The Bertz CT molecular complexity index is 1270. The van der Waals surface area contributed by atoms with E-state index in [0.717, 1.165) is 37.2 Å². The number of nitrogens with zero attached hydrogens (tertiary/aromatic N) is 6. The van der Waals surface area contributed by atoms with Crippen molar-refractivity contribution in [3.05, 3.63) is 59.4 Å². The number of fused-ring (bicyclic) bond motifs is 1. The summed E-state index contributed by atoms with van der Waals surface area (Å²) in [5, 5.41) is 30.0. The number of nitrogens with one attached hydrogen (secondary N) is 1. The number of benzene rings is 2. The minimum Gasteiger partial charge on any atom is -0.390 e. The van der Waals surface area contributed by atoms with Gasteiger partial charge in [0.25, 0.3) is 0 Å². The van der Waals surface area contributed by atoms with Crippen LogP contribution in [0.1, 0.15) is 36.1 Å². The Hall–Kier alpha value is -4.03. The Balaban J connectivity index is 1.59. The number of carbonyl (C=O) groups is 1. The van der Waals surface area contributed by atoms with Crippen molar-refractivity contribution in [2.24, 2.45) is 4.99 Å². The van der Waals surface area contributed by atoms with Crippen LogP contribution in [-0.4, -0.2) is 44.8 Å². The highest BCUT2D eigenvalue weighted by molar-refractivity contribution is 6.17. The van der Waals surface area contributed by atoms with Gasteiger partial charge in [-0.3, -0.25) is 9.79 Å². The number of nitriles is 1. The molecule has 5 rings (SSSR count). The second kappa shape index (κ2) is 8.24. The van der Waals surface area contributed by atoms with Crippen molar-refractivity contribution in [3.63, 3.8) is 0 Å². The largest absolute Gasteiger partial charge is 0.390 e. The zero-order valence-corrected chi connectivity index (χ0v) is 17.3. The third-order valence-electron chi connectivity index (χ3n) is 5.74. The van der Waals surface area contributed by atoms with Crippen molar-refractivity contribution < 1.29 is 9.90 Å². The van der Waals surface area contributed by atoms with Gasteiger partial charge in [0.2, 0.25) is 5.91 Å². The third kappa shape index (κ3) is 3.61. The number of carbonyl (C=O) groups excluding carboxylic acids is 1. The highest BCUT2D eigenvalue weighted by Crippen LogP contribution is 2.37. The number of amides is 1. The van der Waals surface area contributed by atoms with Gasteiger partial charge in [-0.1, -0.05) is 17.3 Å². The van der Waals surface area contributed by atoms with Crippen LogP contribution in [-0.2, 0) is 11.4 Å². The molecule has 1 amide bonds. The number of anilines is 2. The molecule has 0 unspecified atom stereocenters. The molecule has 160 valence electrons. The maximum Gasteiger partial charge on any atom is 0.230 e. The Kier molecular flexibility index (Phi) is 5.13. The predicted octanol–water partition coefficient (Wildman–Crippen LogP) is 2.69. The highest BCUT2D eigenvalue weighted by Gasteiger charge is 2.23. The molecule has 2 aromatic carbocycles. The van der Waals surface area contributed by atoms with Gasteiger partial charge < -0.3 is 15.3 Å². The third-order valence-corrected chi connectivity index (χ3v) is 5.74. The monoisotopic (exact) mass is 427 g/mol. The van der Waals surface area contributed by atoms with Gasteiger partial charge in [0.05, 0.1) is 58.9 Å². The number of hydrogen-bond donors (Lipinski definition) is 2. The molecule has 32 heavy (non-hydrogen) atoms. The van der Waals surface area contributed by atoms with Crippen LogP contribution in [0.25, 0.3) is 5.69 Å². The molecule has 9 nitrogen and oxygen atoms in total. The second-order valence-corrected chi connectivity index (χ2v) is 7.82. The Morgan fingerprint density at radius 1 is 1.19 bits per heavy atom. The average molecular weight is 427 g/mol. The fourth-order valence-electron chi connectivity index (χ4n) is 4.18. The number of aliphatic hydroxyl groups excluding tert-OH is 1. The van der Waals surface area contributed by atoms with Crippen LogP contribution in [0.5, 0.6) is 0 Å². The van der Waals surface area contributed by atoms with Gasteiger partial charge in [-0.05, 0) is 42.7 Å². The maximum absolute atomic E-state index is 12.6. The minimum absolute atomic E-state index is 0.100. The molecule has 9 heteroatoms. The average Bonchev–Trinajstić information content (AvgIpc) is 3.48. The smallest absolute Gasteiger partial charge is 0.230 e. The molecule has 0 aliphatic carbocycles. The van der Waals surface area contributed by atoms with E-state index >= 15 is 0 Å². The molecule has 0 atom stereocenters. The minimum atomic E-state index is -0.192. The lowest BCUT2D eigenvalue weighted by molar-refractivity contribution is -0.115. The maximum atomic E-state index is 12.6. The summed E-state index contributed by atoms with van der Waals surface area (Å²) in [7, 11) is 0. The lowest BCUT2D eigenvalue weighted by Gasteiger charge is -2.20. The molecule has 0 saturated carbocycles.